The number of rotatable bonds is 5. The summed E-state index contributed by atoms with van der Waals surface area (Å²) in [6.07, 6.45) is 0. The van der Waals surface area contributed by atoms with Gasteiger partial charge in [0.15, 0.2) is 0 Å². The lowest BCUT2D eigenvalue weighted by Crippen LogP contribution is -2.11. The van der Waals surface area contributed by atoms with E-state index in [1.54, 1.807) is 0 Å². The standard InChI is InChI=1S/C48H31NS/c1-3-15-37-32(12-1)14-11-21-38(37)33-24-26-35(27-25-33)49(36-28-29-48-45(31-36)43-20-8-10-23-47(43)50-48)46-22-9-7-19-42(46)44-30-34-13-2-4-16-39(34)40-17-5-6-18-41(40)44/h1-31H. The van der Waals surface area contributed by atoms with E-state index in [1.165, 1.54) is 74.7 Å². The van der Waals surface area contributed by atoms with Gasteiger partial charge in [0.05, 0.1) is 5.69 Å². The molecule has 0 aliphatic heterocycles. The van der Waals surface area contributed by atoms with Crippen LogP contribution in [0.4, 0.5) is 17.1 Å². The van der Waals surface area contributed by atoms with Gasteiger partial charge in [-0.15, -0.1) is 11.3 Å². The number of thiophene rings is 1. The smallest absolute Gasteiger partial charge is 0.0540 e. The number of benzene rings is 9. The molecule has 0 unspecified atom stereocenters. The van der Waals surface area contributed by atoms with E-state index in [9.17, 15) is 0 Å². The number of hydrogen-bond acceptors (Lipinski definition) is 2. The summed E-state index contributed by atoms with van der Waals surface area (Å²) in [4.78, 5) is 2.44. The molecule has 0 N–H and O–H groups in total. The molecule has 0 aliphatic rings. The third-order valence-corrected chi connectivity index (χ3v) is 11.2. The first-order valence-electron chi connectivity index (χ1n) is 17.1. The van der Waals surface area contributed by atoms with Crippen LogP contribution in [0.2, 0.25) is 0 Å². The predicted molar refractivity (Wildman–Crippen MR) is 217 cm³/mol. The van der Waals surface area contributed by atoms with Gasteiger partial charge in [0.1, 0.15) is 0 Å². The van der Waals surface area contributed by atoms with E-state index in [-0.39, 0.29) is 0 Å². The van der Waals surface area contributed by atoms with Crippen molar-refractivity contribution in [1.29, 1.82) is 0 Å². The molecule has 0 saturated heterocycles. The Morgan fingerprint density at radius 1 is 0.320 bits per heavy atom. The van der Waals surface area contributed by atoms with E-state index in [0.717, 1.165) is 17.1 Å². The zero-order valence-corrected chi connectivity index (χ0v) is 28.1. The van der Waals surface area contributed by atoms with Gasteiger partial charge in [-0.25, -0.2) is 0 Å². The number of anilines is 3. The fraction of sp³-hybridized carbons (Fsp3) is 0. The Hall–Kier alpha value is -6.22. The topological polar surface area (TPSA) is 3.24 Å². The molecule has 50 heavy (non-hydrogen) atoms. The Balaban J connectivity index is 1.21. The van der Waals surface area contributed by atoms with E-state index in [2.05, 4.69) is 193 Å². The Kier molecular flexibility index (Phi) is 6.75. The summed E-state index contributed by atoms with van der Waals surface area (Å²) in [5.74, 6) is 0. The van der Waals surface area contributed by atoms with Crippen molar-refractivity contribution in [3.05, 3.63) is 188 Å². The SMILES string of the molecule is c1ccc(N(c2ccc(-c3cccc4ccccc34)cc2)c2ccc3sc4ccccc4c3c2)c(-c2cc3ccccc3c3ccccc23)c1. The van der Waals surface area contributed by atoms with Crippen LogP contribution in [-0.2, 0) is 0 Å². The Bertz CT molecular complexity index is 2870. The van der Waals surface area contributed by atoms with Gasteiger partial charge in [0.2, 0.25) is 0 Å². The molecule has 1 nitrogen and oxygen atoms in total. The lowest BCUT2D eigenvalue weighted by atomic mass is 9.92. The highest BCUT2D eigenvalue weighted by Gasteiger charge is 2.20. The maximum absolute atomic E-state index is 2.44. The van der Waals surface area contributed by atoms with Crippen molar-refractivity contribution in [3.63, 3.8) is 0 Å². The first-order chi connectivity index (χ1) is 24.8. The first-order valence-corrected chi connectivity index (χ1v) is 17.9. The van der Waals surface area contributed by atoms with Gasteiger partial charge < -0.3 is 4.90 Å². The molecule has 10 rings (SSSR count). The maximum atomic E-state index is 2.44. The number of hydrogen-bond donors (Lipinski definition) is 0. The van der Waals surface area contributed by atoms with Gasteiger partial charge in [-0.05, 0) is 97.5 Å². The monoisotopic (exact) mass is 653 g/mol. The maximum Gasteiger partial charge on any atom is 0.0540 e. The van der Waals surface area contributed by atoms with Crippen LogP contribution in [0.5, 0.6) is 0 Å². The van der Waals surface area contributed by atoms with Crippen LogP contribution in [0.1, 0.15) is 0 Å². The Morgan fingerprint density at radius 2 is 0.920 bits per heavy atom. The van der Waals surface area contributed by atoms with Crippen LogP contribution < -0.4 is 4.90 Å². The van der Waals surface area contributed by atoms with E-state index >= 15 is 0 Å². The third-order valence-electron chi connectivity index (χ3n) is 10.0. The zero-order valence-electron chi connectivity index (χ0n) is 27.3. The average Bonchev–Trinajstić information content (AvgIpc) is 3.56. The van der Waals surface area contributed by atoms with Gasteiger partial charge in [-0.3, -0.25) is 0 Å². The van der Waals surface area contributed by atoms with Gasteiger partial charge in [0.25, 0.3) is 0 Å². The summed E-state index contributed by atoms with van der Waals surface area (Å²) >= 11 is 1.86. The van der Waals surface area contributed by atoms with Crippen LogP contribution in [0.3, 0.4) is 0 Å². The molecule has 0 aliphatic carbocycles. The molecule has 0 spiro atoms. The molecule has 10 aromatic rings. The summed E-state index contributed by atoms with van der Waals surface area (Å²) in [5.41, 5.74) is 8.28. The largest absolute Gasteiger partial charge is 0.310 e. The zero-order chi connectivity index (χ0) is 33.0. The lowest BCUT2D eigenvalue weighted by Gasteiger charge is -2.28. The van der Waals surface area contributed by atoms with Crippen molar-refractivity contribution in [2.24, 2.45) is 0 Å². The molecule has 0 saturated carbocycles. The van der Waals surface area contributed by atoms with Crippen LogP contribution in [0.15, 0.2) is 188 Å². The molecule has 234 valence electrons. The van der Waals surface area contributed by atoms with Crippen molar-refractivity contribution in [2.45, 2.75) is 0 Å². The third kappa shape index (κ3) is 4.69. The highest BCUT2D eigenvalue weighted by Crippen LogP contribution is 2.46. The molecule has 2 heteroatoms. The van der Waals surface area contributed by atoms with Crippen molar-refractivity contribution in [2.75, 3.05) is 4.90 Å². The van der Waals surface area contributed by atoms with Crippen LogP contribution >= 0.6 is 11.3 Å². The van der Waals surface area contributed by atoms with E-state index < -0.39 is 0 Å². The van der Waals surface area contributed by atoms with Crippen molar-refractivity contribution < 1.29 is 0 Å². The molecule has 1 heterocycles. The summed E-state index contributed by atoms with van der Waals surface area (Å²) in [6, 6.07) is 68.8. The van der Waals surface area contributed by atoms with Crippen molar-refractivity contribution in [1.82, 2.24) is 0 Å². The highest BCUT2D eigenvalue weighted by atomic mass is 32.1. The summed E-state index contributed by atoms with van der Waals surface area (Å²) in [7, 11) is 0. The first kappa shape index (κ1) is 28.8. The minimum absolute atomic E-state index is 1.12. The fourth-order valence-electron chi connectivity index (χ4n) is 7.72. The lowest BCUT2D eigenvalue weighted by molar-refractivity contribution is 1.29. The quantitative estimate of drug-likeness (QED) is 0.167. The number of para-hydroxylation sites is 1. The van der Waals surface area contributed by atoms with Gasteiger partial charge in [-0.2, -0.15) is 0 Å². The van der Waals surface area contributed by atoms with Crippen LogP contribution in [0.25, 0.3) is 74.7 Å². The summed E-state index contributed by atoms with van der Waals surface area (Å²) in [6.45, 7) is 0. The van der Waals surface area contributed by atoms with E-state index in [0.29, 0.717) is 0 Å². The van der Waals surface area contributed by atoms with Gasteiger partial charge >= 0.3 is 0 Å². The Morgan fingerprint density at radius 3 is 1.78 bits per heavy atom. The second-order valence-electron chi connectivity index (χ2n) is 12.9. The summed E-state index contributed by atoms with van der Waals surface area (Å²) < 4.78 is 2.61. The van der Waals surface area contributed by atoms with E-state index in [1.807, 2.05) is 11.3 Å². The van der Waals surface area contributed by atoms with Crippen LogP contribution in [-0.4, -0.2) is 0 Å². The number of nitrogens with zero attached hydrogens (tertiary/aromatic N) is 1. The van der Waals surface area contributed by atoms with Gasteiger partial charge in [0, 0.05) is 37.1 Å². The highest BCUT2D eigenvalue weighted by molar-refractivity contribution is 7.25. The minimum Gasteiger partial charge on any atom is -0.310 e. The molecule has 0 atom stereocenters. The van der Waals surface area contributed by atoms with Crippen molar-refractivity contribution >= 4 is 80.9 Å². The van der Waals surface area contributed by atoms with E-state index in [4.69, 9.17) is 0 Å². The molecule has 9 aromatic carbocycles. The predicted octanol–water partition coefficient (Wildman–Crippen LogP) is 14.3. The summed E-state index contributed by atoms with van der Waals surface area (Å²) in [5, 5.41) is 10.2. The molecule has 0 amide bonds. The Labute approximate surface area is 294 Å². The minimum atomic E-state index is 1.12. The fourth-order valence-corrected chi connectivity index (χ4v) is 8.81. The molecule has 0 bridgehead atoms. The molecule has 1 aromatic heterocycles. The average molecular weight is 654 g/mol. The number of fused-ring (bicyclic) bond motifs is 7. The molecular formula is C48H31NS. The van der Waals surface area contributed by atoms with Gasteiger partial charge in [-0.1, -0.05) is 140 Å². The van der Waals surface area contributed by atoms with Crippen LogP contribution in [0, 0.1) is 0 Å². The molecular weight excluding hydrogens is 623 g/mol. The molecule has 0 radical (unpaired) electrons. The molecule has 0 fully saturated rings. The second kappa shape index (κ2) is 11.7. The normalized spacial score (nSPS) is 11.6. The second-order valence-corrected chi connectivity index (χ2v) is 14.0. The van der Waals surface area contributed by atoms with Crippen molar-refractivity contribution in [3.8, 4) is 22.3 Å².